The number of amides is 2. The number of carbonyl (C=O) groups is 1. The van der Waals surface area contributed by atoms with Crippen LogP contribution in [0.15, 0.2) is 103 Å². The van der Waals surface area contributed by atoms with Gasteiger partial charge in [0, 0.05) is 31.1 Å². The Morgan fingerprint density at radius 1 is 0.708 bits per heavy atom. The van der Waals surface area contributed by atoms with E-state index in [4.69, 9.17) is 9.47 Å². The summed E-state index contributed by atoms with van der Waals surface area (Å²) in [5.41, 5.74) is 7.20. The normalized spacial score (nSPS) is 22.0. The predicted molar refractivity (Wildman–Crippen MR) is 190 cm³/mol. The zero-order valence-electron chi connectivity index (χ0n) is 28.0. The lowest BCUT2D eigenvalue weighted by Gasteiger charge is -2.43. The molecule has 4 aromatic rings. The number of likely N-dealkylation sites (tertiary alicyclic amines) is 1. The van der Waals surface area contributed by atoms with Gasteiger partial charge in [0.1, 0.15) is 0 Å². The Labute approximate surface area is 285 Å². The second-order valence-electron chi connectivity index (χ2n) is 13.2. The summed E-state index contributed by atoms with van der Waals surface area (Å²) < 4.78 is 13.6. The van der Waals surface area contributed by atoms with E-state index in [0.717, 1.165) is 58.6 Å². The van der Waals surface area contributed by atoms with Gasteiger partial charge in [0.05, 0.1) is 18.8 Å². The van der Waals surface area contributed by atoms with Crippen LogP contribution in [-0.4, -0.2) is 41.8 Å². The minimum Gasteiger partial charge on any atom is -0.392 e. The molecule has 2 fully saturated rings. The average Bonchev–Trinajstić information content (AvgIpc) is 3.12. The summed E-state index contributed by atoms with van der Waals surface area (Å²) in [6.45, 7) is 6.29. The van der Waals surface area contributed by atoms with E-state index >= 15 is 0 Å². The van der Waals surface area contributed by atoms with Gasteiger partial charge in [-0.1, -0.05) is 117 Å². The number of aliphatic hydroxyl groups is 1. The summed E-state index contributed by atoms with van der Waals surface area (Å²) in [6.07, 6.45) is 5.78. The molecule has 0 aromatic heterocycles. The molecule has 2 aliphatic heterocycles. The first-order valence-corrected chi connectivity index (χ1v) is 17.5. The first kappa shape index (κ1) is 33.9. The Hall–Kier alpha value is -4.01. The molecular formula is C41H49N3O4. The van der Waals surface area contributed by atoms with Crippen LogP contribution in [0.1, 0.15) is 79.2 Å². The number of rotatable bonds is 10. The van der Waals surface area contributed by atoms with E-state index in [0.29, 0.717) is 13.1 Å². The van der Waals surface area contributed by atoms with Crippen LogP contribution in [0.25, 0.3) is 11.1 Å². The number of nitrogens with one attached hydrogen (secondary N) is 2. The van der Waals surface area contributed by atoms with Gasteiger partial charge in [-0.15, -0.1) is 0 Å². The number of hydrogen-bond donors (Lipinski definition) is 3. The molecule has 0 spiro atoms. The highest BCUT2D eigenvalue weighted by Crippen LogP contribution is 2.42. The lowest BCUT2D eigenvalue weighted by Crippen LogP contribution is -2.45. The Morgan fingerprint density at radius 3 is 2.08 bits per heavy atom. The van der Waals surface area contributed by atoms with Gasteiger partial charge in [-0.25, -0.2) is 4.79 Å². The molecule has 2 aliphatic rings. The third-order valence-electron chi connectivity index (χ3n) is 9.68. The van der Waals surface area contributed by atoms with Crippen molar-refractivity contribution in [2.24, 2.45) is 5.92 Å². The van der Waals surface area contributed by atoms with Crippen molar-refractivity contribution < 1.29 is 19.4 Å². The lowest BCUT2D eigenvalue weighted by molar-refractivity contribution is -0.276. The molecule has 6 rings (SSSR count). The van der Waals surface area contributed by atoms with Crippen LogP contribution in [0.5, 0.6) is 0 Å². The summed E-state index contributed by atoms with van der Waals surface area (Å²) in [7, 11) is 0. The molecule has 4 unspecified atom stereocenters. The number of carbonyl (C=O) groups excluding carboxylic acids is 1. The first-order valence-electron chi connectivity index (χ1n) is 17.5. The van der Waals surface area contributed by atoms with Crippen molar-refractivity contribution in [2.75, 3.05) is 19.6 Å². The summed E-state index contributed by atoms with van der Waals surface area (Å²) >= 11 is 0. The highest BCUT2D eigenvalue weighted by molar-refractivity contribution is 5.74. The SMILES string of the molecule is CC1C(CN2CCCCCCC2)OC(c2cccc(-c3cccc(CNC(=O)NCc4ccccc4)c3)c2)OC1c1ccc(CO)cc1. The van der Waals surface area contributed by atoms with E-state index in [2.05, 4.69) is 71.0 Å². The topological polar surface area (TPSA) is 83.1 Å². The minimum atomic E-state index is -0.512. The fraction of sp³-hybridized carbons (Fsp3) is 0.390. The maximum absolute atomic E-state index is 12.5. The van der Waals surface area contributed by atoms with Gasteiger partial charge in [0.15, 0.2) is 6.29 Å². The summed E-state index contributed by atoms with van der Waals surface area (Å²) in [5.74, 6) is 0.156. The second-order valence-corrected chi connectivity index (χ2v) is 13.2. The van der Waals surface area contributed by atoms with Gasteiger partial charge >= 0.3 is 6.03 Å². The number of benzene rings is 4. The van der Waals surface area contributed by atoms with E-state index in [1.807, 2.05) is 54.6 Å². The summed E-state index contributed by atoms with van der Waals surface area (Å²) in [6, 6.07) is 34.5. The van der Waals surface area contributed by atoms with Crippen molar-refractivity contribution in [3.63, 3.8) is 0 Å². The van der Waals surface area contributed by atoms with Crippen LogP contribution >= 0.6 is 0 Å². The van der Waals surface area contributed by atoms with Crippen molar-refractivity contribution in [3.8, 4) is 11.1 Å². The molecule has 7 heteroatoms. The molecule has 2 saturated heterocycles. The number of urea groups is 1. The fourth-order valence-electron chi connectivity index (χ4n) is 6.83. The van der Waals surface area contributed by atoms with Crippen LogP contribution < -0.4 is 10.6 Å². The van der Waals surface area contributed by atoms with Crippen molar-refractivity contribution in [1.29, 1.82) is 0 Å². The highest BCUT2D eigenvalue weighted by atomic mass is 16.7. The largest absolute Gasteiger partial charge is 0.392 e. The van der Waals surface area contributed by atoms with E-state index < -0.39 is 6.29 Å². The van der Waals surface area contributed by atoms with E-state index in [-0.39, 0.29) is 30.8 Å². The lowest BCUT2D eigenvalue weighted by atomic mass is 9.89. The molecule has 3 N–H and O–H groups in total. The Morgan fingerprint density at radius 2 is 1.35 bits per heavy atom. The van der Waals surface area contributed by atoms with Crippen molar-refractivity contribution >= 4 is 6.03 Å². The highest BCUT2D eigenvalue weighted by Gasteiger charge is 2.39. The van der Waals surface area contributed by atoms with Crippen LogP contribution in [0.4, 0.5) is 4.79 Å². The number of ether oxygens (including phenoxy) is 2. The first-order chi connectivity index (χ1) is 23.6. The Balaban J connectivity index is 1.17. The number of nitrogens with zero attached hydrogens (tertiary/aromatic N) is 1. The predicted octanol–water partition coefficient (Wildman–Crippen LogP) is 7.90. The van der Waals surface area contributed by atoms with Crippen LogP contribution in [0, 0.1) is 5.92 Å². The summed E-state index contributed by atoms with van der Waals surface area (Å²) in [4.78, 5) is 15.1. The smallest absolute Gasteiger partial charge is 0.315 e. The Bertz CT molecular complexity index is 1590. The monoisotopic (exact) mass is 647 g/mol. The van der Waals surface area contributed by atoms with Gasteiger partial charge in [-0.3, -0.25) is 0 Å². The maximum Gasteiger partial charge on any atom is 0.315 e. The van der Waals surface area contributed by atoms with Crippen molar-refractivity contribution in [1.82, 2.24) is 15.5 Å². The third kappa shape index (κ3) is 9.11. The molecule has 48 heavy (non-hydrogen) atoms. The van der Waals surface area contributed by atoms with Gasteiger partial charge in [0.2, 0.25) is 0 Å². The number of aliphatic hydroxyl groups excluding tert-OH is 1. The van der Waals surface area contributed by atoms with E-state index in [1.165, 1.54) is 32.1 Å². The van der Waals surface area contributed by atoms with Crippen LogP contribution in [0.3, 0.4) is 0 Å². The fourth-order valence-corrected chi connectivity index (χ4v) is 6.83. The average molecular weight is 648 g/mol. The van der Waals surface area contributed by atoms with Crippen LogP contribution in [-0.2, 0) is 29.2 Å². The number of hydrogen-bond acceptors (Lipinski definition) is 5. The van der Waals surface area contributed by atoms with Gasteiger partial charge in [-0.2, -0.15) is 0 Å². The summed E-state index contributed by atoms with van der Waals surface area (Å²) in [5, 5.41) is 15.5. The van der Waals surface area contributed by atoms with Gasteiger partial charge in [-0.05, 0) is 71.4 Å². The van der Waals surface area contributed by atoms with E-state index in [9.17, 15) is 9.90 Å². The second kappa shape index (κ2) is 16.9. The molecule has 7 nitrogen and oxygen atoms in total. The molecular weight excluding hydrogens is 598 g/mol. The minimum absolute atomic E-state index is 0.0109. The zero-order chi connectivity index (χ0) is 33.1. The van der Waals surface area contributed by atoms with Gasteiger partial charge in [0.25, 0.3) is 0 Å². The molecule has 0 aliphatic carbocycles. The molecule has 2 amide bonds. The standard InChI is InChI=1S/C41H49N3O4/c1-30-38(28-44-22-8-3-2-4-9-23-44)47-40(48-39(30)34-20-18-32(29-45)19-21-34)37-17-11-16-36(25-37)35-15-10-14-33(24-35)27-43-41(46)42-26-31-12-6-5-7-13-31/h5-7,10-21,24-25,30,38-40,45H,2-4,8-9,22-23,26-29H2,1H3,(H2,42,43,46). The maximum atomic E-state index is 12.5. The third-order valence-corrected chi connectivity index (χ3v) is 9.68. The molecule has 2 heterocycles. The van der Waals surface area contributed by atoms with Crippen LogP contribution in [0.2, 0.25) is 0 Å². The zero-order valence-corrected chi connectivity index (χ0v) is 28.0. The van der Waals surface area contributed by atoms with E-state index in [1.54, 1.807) is 0 Å². The molecule has 252 valence electrons. The molecule has 0 saturated carbocycles. The molecule has 4 atom stereocenters. The van der Waals surface area contributed by atoms with Crippen molar-refractivity contribution in [2.45, 2.75) is 77.2 Å². The molecule has 0 bridgehead atoms. The molecule has 4 aromatic carbocycles. The molecule has 0 radical (unpaired) electrons. The quantitative estimate of drug-likeness (QED) is 0.163. The van der Waals surface area contributed by atoms with Crippen molar-refractivity contribution in [3.05, 3.63) is 131 Å². The Kier molecular flexibility index (Phi) is 11.9. The van der Waals surface area contributed by atoms with Gasteiger partial charge < -0.3 is 30.1 Å².